The summed E-state index contributed by atoms with van der Waals surface area (Å²) < 4.78 is 24.5. The molecule has 1 atom stereocenters. The summed E-state index contributed by atoms with van der Waals surface area (Å²) in [6.45, 7) is 6.44. The van der Waals surface area contributed by atoms with Gasteiger partial charge in [0.2, 0.25) is 0 Å². The van der Waals surface area contributed by atoms with Crippen molar-refractivity contribution in [1.82, 2.24) is 4.90 Å². The van der Waals surface area contributed by atoms with E-state index in [0.29, 0.717) is 13.2 Å². The number of morpholine rings is 1. The number of carbonyl (C=O) groups excluding carboxylic acids is 1. The normalized spacial score (nSPS) is 17.7. The average Bonchev–Trinajstić information content (AvgIpc) is 2.54. The Morgan fingerprint density at radius 2 is 2.23 bits per heavy atom. The van der Waals surface area contributed by atoms with Crippen molar-refractivity contribution in [3.05, 3.63) is 33.1 Å². The largest absolute Gasteiger partial charge is 0.444 e. The van der Waals surface area contributed by atoms with Gasteiger partial charge in [-0.2, -0.15) is 0 Å². The van der Waals surface area contributed by atoms with Crippen molar-refractivity contribution in [1.29, 1.82) is 0 Å². The fourth-order valence-electron chi connectivity index (χ4n) is 2.39. The van der Waals surface area contributed by atoms with Crippen LogP contribution in [0.15, 0.2) is 12.1 Å². The third kappa shape index (κ3) is 5.43. The van der Waals surface area contributed by atoms with Gasteiger partial charge in [-0.25, -0.2) is 9.18 Å². The molecule has 0 aliphatic carbocycles. The smallest absolute Gasteiger partial charge is 0.410 e. The molecule has 1 fully saturated rings. The Kier molecular flexibility index (Phi) is 6.25. The summed E-state index contributed by atoms with van der Waals surface area (Å²) in [7, 11) is 0. The molecular formula is C16H21ClFN3O5. The Morgan fingerprint density at radius 1 is 1.54 bits per heavy atom. The van der Waals surface area contributed by atoms with Crippen LogP contribution in [0.1, 0.15) is 20.8 Å². The van der Waals surface area contributed by atoms with Crippen LogP contribution < -0.4 is 5.32 Å². The molecule has 144 valence electrons. The van der Waals surface area contributed by atoms with Crippen LogP contribution >= 0.6 is 11.6 Å². The Labute approximate surface area is 155 Å². The fourth-order valence-corrected chi connectivity index (χ4v) is 2.55. The van der Waals surface area contributed by atoms with Gasteiger partial charge in [0.15, 0.2) is 0 Å². The fraction of sp³-hybridized carbons (Fsp3) is 0.562. The Morgan fingerprint density at radius 3 is 2.85 bits per heavy atom. The molecular weight excluding hydrogens is 369 g/mol. The molecule has 10 heteroatoms. The first kappa shape index (κ1) is 20.2. The minimum Gasteiger partial charge on any atom is -0.444 e. The van der Waals surface area contributed by atoms with E-state index in [-0.39, 0.29) is 29.5 Å². The predicted molar refractivity (Wildman–Crippen MR) is 94.1 cm³/mol. The number of anilines is 1. The van der Waals surface area contributed by atoms with Gasteiger partial charge in [-0.05, 0) is 20.8 Å². The maximum Gasteiger partial charge on any atom is 0.410 e. The highest BCUT2D eigenvalue weighted by molar-refractivity contribution is 6.31. The molecule has 0 unspecified atom stereocenters. The molecule has 0 bridgehead atoms. The Bertz CT molecular complexity index is 695. The van der Waals surface area contributed by atoms with E-state index in [1.54, 1.807) is 20.8 Å². The van der Waals surface area contributed by atoms with Crippen LogP contribution in [0.4, 0.5) is 20.6 Å². The number of benzene rings is 1. The number of ether oxygens (including phenoxy) is 2. The summed E-state index contributed by atoms with van der Waals surface area (Å²) >= 11 is 5.60. The predicted octanol–water partition coefficient (Wildman–Crippen LogP) is 3.44. The zero-order valence-corrected chi connectivity index (χ0v) is 15.5. The summed E-state index contributed by atoms with van der Waals surface area (Å²) in [5.41, 5.74) is -0.948. The quantitative estimate of drug-likeness (QED) is 0.626. The number of nitrogens with zero attached hydrogens (tertiary/aromatic N) is 2. The standard InChI is InChI=1S/C16H21ClFN3O5/c1-16(2,3)26-15(22)20-4-5-25-10(9-20)8-19-13-7-12(18)11(17)6-14(13)21(23)24/h6-7,10,19H,4-5,8-9H2,1-3H3/t10-/m0/s1. The third-order valence-electron chi connectivity index (χ3n) is 3.55. The molecule has 0 spiro atoms. The summed E-state index contributed by atoms with van der Waals surface area (Å²) in [4.78, 5) is 24.1. The minimum absolute atomic E-state index is 0.00473. The van der Waals surface area contributed by atoms with Gasteiger partial charge in [-0.15, -0.1) is 0 Å². The minimum atomic E-state index is -0.764. The first-order valence-corrected chi connectivity index (χ1v) is 8.41. The highest BCUT2D eigenvalue weighted by Crippen LogP contribution is 2.30. The Hall–Kier alpha value is -2.13. The highest BCUT2D eigenvalue weighted by Gasteiger charge is 2.28. The number of nitrogens with one attached hydrogen (secondary N) is 1. The number of carbonyl (C=O) groups is 1. The van der Waals surface area contributed by atoms with Crippen LogP contribution in [-0.4, -0.2) is 53.9 Å². The molecule has 1 aromatic rings. The zero-order chi connectivity index (χ0) is 19.5. The molecule has 0 saturated carbocycles. The van der Waals surface area contributed by atoms with Crippen molar-refractivity contribution in [2.24, 2.45) is 0 Å². The van der Waals surface area contributed by atoms with Crippen LogP contribution in [0.2, 0.25) is 5.02 Å². The van der Waals surface area contributed by atoms with E-state index in [4.69, 9.17) is 21.1 Å². The lowest BCUT2D eigenvalue weighted by atomic mass is 10.2. The summed E-state index contributed by atoms with van der Waals surface area (Å²) in [5.74, 6) is -0.764. The lowest BCUT2D eigenvalue weighted by molar-refractivity contribution is -0.384. The van der Waals surface area contributed by atoms with Gasteiger partial charge in [0.25, 0.3) is 5.69 Å². The number of rotatable bonds is 4. The second-order valence-electron chi connectivity index (χ2n) is 6.84. The molecule has 1 saturated heterocycles. The van der Waals surface area contributed by atoms with E-state index in [1.807, 2.05) is 0 Å². The number of hydrogen-bond donors (Lipinski definition) is 1. The maximum absolute atomic E-state index is 13.6. The molecule has 1 N–H and O–H groups in total. The first-order chi connectivity index (χ1) is 12.1. The number of nitro groups is 1. The molecule has 8 nitrogen and oxygen atoms in total. The lowest BCUT2D eigenvalue weighted by Gasteiger charge is -2.34. The molecule has 1 aromatic carbocycles. The van der Waals surface area contributed by atoms with Gasteiger partial charge in [-0.1, -0.05) is 11.6 Å². The van der Waals surface area contributed by atoms with E-state index in [0.717, 1.165) is 12.1 Å². The Balaban J connectivity index is 2.00. The maximum atomic E-state index is 13.6. The summed E-state index contributed by atoms with van der Waals surface area (Å²) in [5, 5.41) is 13.6. The molecule has 1 aliphatic rings. The molecule has 1 heterocycles. The van der Waals surface area contributed by atoms with Crippen LogP contribution in [0.3, 0.4) is 0 Å². The number of halogens is 2. The van der Waals surface area contributed by atoms with E-state index >= 15 is 0 Å². The van der Waals surface area contributed by atoms with Crippen molar-refractivity contribution >= 4 is 29.1 Å². The monoisotopic (exact) mass is 389 g/mol. The van der Waals surface area contributed by atoms with Crippen molar-refractivity contribution < 1.29 is 23.6 Å². The van der Waals surface area contributed by atoms with Crippen LogP contribution in [0.5, 0.6) is 0 Å². The zero-order valence-electron chi connectivity index (χ0n) is 14.8. The van der Waals surface area contributed by atoms with Gasteiger partial charge >= 0.3 is 6.09 Å². The second-order valence-corrected chi connectivity index (χ2v) is 7.25. The van der Waals surface area contributed by atoms with Crippen LogP contribution in [-0.2, 0) is 9.47 Å². The average molecular weight is 390 g/mol. The van der Waals surface area contributed by atoms with Gasteiger partial charge in [0.1, 0.15) is 17.1 Å². The molecule has 26 heavy (non-hydrogen) atoms. The molecule has 0 aromatic heterocycles. The molecule has 1 amide bonds. The van der Waals surface area contributed by atoms with Crippen molar-refractivity contribution in [2.75, 3.05) is 31.6 Å². The molecule has 1 aliphatic heterocycles. The van der Waals surface area contributed by atoms with Crippen LogP contribution in [0, 0.1) is 15.9 Å². The number of hydrogen-bond acceptors (Lipinski definition) is 6. The van der Waals surface area contributed by atoms with Crippen LogP contribution in [0.25, 0.3) is 0 Å². The molecule has 0 radical (unpaired) electrons. The SMILES string of the molecule is CC(C)(C)OC(=O)N1CCO[C@@H](CNc2cc(F)c(Cl)cc2[N+](=O)[O-])C1. The van der Waals surface area contributed by atoms with Crippen molar-refractivity contribution in [2.45, 2.75) is 32.5 Å². The summed E-state index contributed by atoms with van der Waals surface area (Å²) in [6, 6.07) is 1.92. The van der Waals surface area contributed by atoms with E-state index in [1.165, 1.54) is 4.90 Å². The molecule has 2 rings (SSSR count). The summed E-state index contributed by atoms with van der Waals surface area (Å²) in [6.07, 6.45) is -0.871. The third-order valence-corrected chi connectivity index (χ3v) is 3.84. The highest BCUT2D eigenvalue weighted by atomic mass is 35.5. The van der Waals surface area contributed by atoms with Gasteiger partial charge in [0, 0.05) is 25.2 Å². The van der Waals surface area contributed by atoms with Crippen molar-refractivity contribution in [3.63, 3.8) is 0 Å². The number of amides is 1. The lowest BCUT2D eigenvalue weighted by Crippen LogP contribution is -2.49. The van der Waals surface area contributed by atoms with Gasteiger partial charge in [-0.3, -0.25) is 10.1 Å². The van der Waals surface area contributed by atoms with Gasteiger partial charge in [0.05, 0.1) is 29.2 Å². The van der Waals surface area contributed by atoms with E-state index in [2.05, 4.69) is 5.32 Å². The number of nitro benzene ring substituents is 1. The second kappa shape index (κ2) is 8.05. The van der Waals surface area contributed by atoms with Crippen molar-refractivity contribution in [3.8, 4) is 0 Å². The topological polar surface area (TPSA) is 93.9 Å². The van der Waals surface area contributed by atoms with E-state index < -0.39 is 28.5 Å². The van der Waals surface area contributed by atoms with E-state index in [9.17, 15) is 19.3 Å². The first-order valence-electron chi connectivity index (χ1n) is 8.03. The van der Waals surface area contributed by atoms with Gasteiger partial charge < -0.3 is 19.7 Å².